The summed E-state index contributed by atoms with van der Waals surface area (Å²) in [7, 11) is -3.36. The molecule has 3 unspecified atom stereocenters. The van der Waals surface area contributed by atoms with Crippen molar-refractivity contribution in [2.45, 2.75) is 30.4 Å². The molecule has 3 rings (SSSR count). The minimum absolute atomic E-state index is 0.105. The van der Waals surface area contributed by atoms with Crippen molar-refractivity contribution < 1.29 is 13.2 Å². The number of rotatable bonds is 2. The Bertz CT molecular complexity index is 560. The number of benzene rings is 1. The Kier molecular flexibility index (Phi) is 2.38. The van der Waals surface area contributed by atoms with Crippen LogP contribution in [0.3, 0.4) is 0 Å². The highest BCUT2D eigenvalue weighted by molar-refractivity contribution is 7.95. The van der Waals surface area contributed by atoms with Gasteiger partial charge in [-0.05, 0) is 24.5 Å². The highest BCUT2D eigenvalue weighted by atomic mass is 32.2. The first kappa shape index (κ1) is 11.0. The quantitative estimate of drug-likeness (QED) is 0.756. The lowest BCUT2D eigenvalue weighted by molar-refractivity contribution is 0.339. The van der Waals surface area contributed by atoms with Gasteiger partial charge in [0, 0.05) is 0 Å². The van der Waals surface area contributed by atoms with Crippen LogP contribution in [0.1, 0.15) is 13.3 Å². The minimum atomic E-state index is -3.36. The van der Waals surface area contributed by atoms with Gasteiger partial charge in [-0.2, -0.15) is 0 Å². The molecule has 0 radical (unpaired) electrons. The largest absolute Gasteiger partial charge is 0.363 e. The fourth-order valence-corrected chi connectivity index (χ4v) is 3.93. The Labute approximate surface area is 101 Å². The molecule has 1 saturated heterocycles. The number of ether oxygens (including phenoxy) is 1. The van der Waals surface area contributed by atoms with Gasteiger partial charge in [-0.25, -0.2) is 8.42 Å². The number of hydrogen-bond donors (Lipinski definition) is 0. The SMILES string of the molecule is CC1CC=C(S(=O)(=O)c2ccccc2)C2OC12. The topological polar surface area (TPSA) is 46.7 Å². The Morgan fingerprint density at radius 2 is 1.94 bits per heavy atom. The zero-order valence-electron chi connectivity index (χ0n) is 9.54. The maximum atomic E-state index is 12.4. The number of fused-ring (bicyclic) bond motifs is 1. The summed E-state index contributed by atoms with van der Waals surface area (Å²) in [5.74, 6) is 0.426. The van der Waals surface area contributed by atoms with Crippen molar-refractivity contribution in [2.75, 3.05) is 0 Å². The van der Waals surface area contributed by atoms with Gasteiger partial charge in [0.25, 0.3) is 0 Å². The van der Waals surface area contributed by atoms with Gasteiger partial charge >= 0.3 is 0 Å². The molecule has 0 bridgehead atoms. The van der Waals surface area contributed by atoms with E-state index in [0.717, 1.165) is 6.42 Å². The van der Waals surface area contributed by atoms with Crippen LogP contribution in [0, 0.1) is 5.92 Å². The number of hydrogen-bond acceptors (Lipinski definition) is 3. The van der Waals surface area contributed by atoms with E-state index < -0.39 is 9.84 Å². The van der Waals surface area contributed by atoms with E-state index in [4.69, 9.17) is 4.74 Å². The van der Waals surface area contributed by atoms with Crippen LogP contribution < -0.4 is 0 Å². The maximum Gasteiger partial charge on any atom is 0.205 e. The Morgan fingerprint density at radius 1 is 1.24 bits per heavy atom. The van der Waals surface area contributed by atoms with Crippen LogP contribution in [0.25, 0.3) is 0 Å². The second kappa shape index (κ2) is 3.68. The number of epoxide rings is 1. The molecule has 1 aromatic carbocycles. The molecule has 1 aliphatic carbocycles. The molecular weight excluding hydrogens is 236 g/mol. The summed E-state index contributed by atoms with van der Waals surface area (Å²) >= 11 is 0. The zero-order valence-corrected chi connectivity index (χ0v) is 10.4. The van der Waals surface area contributed by atoms with Crippen molar-refractivity contribution in [3.8, 4) is 0 Å². The highest BCUT2D eigenvalue weighted by Gasteiger charge is 2.51. The third-order valence-corrected chi connectivity index (χ3v) is 5.33. The molecule has 90 valence electrons. The lowest BCUT2D eigenvalue weighted by Crippen LogP contribution is -2.18. The molecule has 0 amide bonds. The summed E-state index contributed by atoms with van der Waals surface area (Å²) in [6.45, 7) is 2.09. The molecule has 3 nitrogen and oxygen atoms in total. The van der Waals surface area contributed by atoms with E-state index in [0.29, 0.717) is 15.7 Å². The molecule has 1 heterocycles. The van der Waals surface area contributed by atoms with Gasteiger partial charge in [0.1, 0.15) is 6.10 Å². The first-order valence-corrected chi connectivity index (χ1v) is 7.24. The normalized spacial score (nSPS) is 31.6. The van der Waals surface area contributed by atoms with Gasteiger partial charge in [-0.3, -0.25) is 0 Å². The minimum Gasteiger partial charge on any atom is -0.363 e. The van der Waals surface area contributed by atoms with E-state index in [1.54, 1.807) is 24.3 Å². The van der Waals surface area contributed by atoms with Crippen molar-refractivity contribution in [2.24, 2.45) is 5.92 Å². The first-order chi connectivity index (χ1) is 8.10. The monoisotopic (exact) mass is 250 g/mol. The molecule has 0 N–H and O–H groups in total. The van der Waals surface area contributed by atoms with Gasteiger partial charge in [-0.1, -0.05) is 31.2 Å². The van der Waals surface area contributed by atoms with Crippen LogP contribution in [-0.4, -0.2) is 20.6 Å². The molecule has 1 aromatic rings. The van der Waals surface area contributed by atoms with E-state index in [1.807, 2.05) is 12.1 Å². The van der Waals surface area contributed by atoms with Gasteiger partial charge in [0.15, 0.2) is 0 Å². The summed E-state index contributed by atoms with van der Waals surface area (Å²) in [5.41, 5.74) is 0. The van der Waals surface area contributed by atoms with Crippen LogP contribution >= 0.6 is 0 Å². The fourth-order valence-electron chi connectivity index (χ4n) is 2.34. The van der Waals surface area contributed by atoms with Crippen LogP contribution in [0.5, 0.6) is 0 Å². The van der Waals surface area contributed by atoms with Crippen molar-refractivity contribution in [1.82, 2.24) is 0 Å². The maximum absolute atomic E-state index is 12.4. The van der Waals surface area contributed by atoms with Crippen LogP contribution in [0.4, 0.5) is 0 Å². The molecular formula is C13H14O3S. The predicted molar refractivity (Wildman–Crippen MR) is 64.2 cm³/mol. The van der Waals surface area contributed by atoms with Crippen molar-refractivity contribution in [3.63, 3.8) is 0 Å². The standard InChI is InChI=1S/C13H14O3S/c1-9-7-8-11(13-12(9)16-13)17(14,15)10-5-3-2-4-6-10/h2-6,8-9,12-13H,7H2,1H3. The van der Waals surface area contributed by atoms with E-state index in [9.17, 15) is 8.42 Å². The average molecular weight is 250 g/mol. The molecule has 17 heavy (non-hydrogen) atoms. The van der Waals surface area contributed by atoms with Gasteiger partial charge < -0.3 is 4.74 Å². The van der Waals surface area contributed by atoms with Crippen molar-refractivity contribution in [3.05, 3.63) is 41.3 Å². The molecule has 0 spiro atoms. The lowest BCUT2D eigenvalue weighted by Gasteiger charge is -2.14. The van der Waals surface area contributed by atoms with Gasteiger partial charge in [0.05, 0.1) is 15.9 Å². The molecule has 0 saturated carbocycles. The lowest BCUT2D eigenvalue weighted by atomic mass is 9.96. The van der Waals surface area contributed by atoms with Crippen LogP contribution in [0.15, 0.2) is 46.2 Å². The van der Waals surface area contributed by atoms with E-state index in [1.165, 1.54) is 0 Å². The summed E-state index contributed by atoms with van der Waals surface area (Å²) in [6.07, 6.45) is 2.50. The molecule has 1 aliphatic heterocycles. The third kappa shape index (κ3) is 1.72. The summed E-state index contributed by atoms with van der Waals surface area (Å²) in [4.78, 5) is 0.807. The van der Waals surface area contributed by atoms with E-state index >= 15 is 0 Å². The number of allylic oxidation sites excluding steroid dienone is 1. The van der Waals surface area contributed by atoms with Crippen LogP contribution in [-0.2, 0) is 14.6 Å². The average Bonchev–Trinajstić information content (AvgIpc) is 3.11. The van der Waals surface area contributed by atoms with Gasteiger partial charge in [0.2, 0.25) is 9.84 Å². The fraction of sp³-hybridized carbons (Fsp3) is 0.385. The first-order valence-electron chi connectivity index (χ1n) is 5.76. The second-order valence-electron chi connectivity index (χ2n) is 4.66. The summed E-state index contributed by atoms with van der Waals surface area (Å²) in [5, 5.41) is 0. The predicted octanol–water partition coefficient (Wildman–Crippen LogP) is 2.15. The highest BCUT2D eigenvalue weighted by Crippen LogP contribution is 2.44. The van der Waals surface area contributed by atoms with Crippen molar-refractivity contribution >= 4 is 9.84 Å². The van der Waals surface area contributed by atoms with Crippen molar-refractivity contribution in [1.29, 1.82) is 0 Å². The summed E-state index contributed by atoms with van der Waals surface area (Å²) < 4.78 is 30.2. The van der Waals surface area contributed by atoms with Gasteiger partial charge in [-0.15, -0.1) is 0 Å². The van der Waals surface area contributed by atoms with Crippen LogP contribution in [0.2, 0.25) is 0 Å². The molecule has 1 fully saturated rings. The zero-order chi connectivity index (χ0) is 12.0. The Balaban J connectivity index is 2.00. The second-order valence-corrected chi connectivity index (χ2v) is 6.61. The van der Waals surface area contributed by atoms with E-state index in [2.05, 4.69) is 6.92 Å². The summed E-state index contributed by atoms with van der Waals surface area (Å²) in [6, 6.07) is 8.55. The number of sulfone groups is 1. The molecule has 2 aliphatic rings. The Hall–Kier alpha value is -1.13. The third-order valence-electron chi connectivity index (χ3n) is 3.42. The van der Waals surface area contributed by atoms with E-state index in [-0.39, 0.29) is 12.2 Å². The molecule has 4 heteroatoms. The Morgan fingerprint density at radius 3 is 2.65 bits per heavy atom. The smallest absolute Gasteiger partial charge is 0.205 e. The molecule has 3 atom stereocenters. The molecule has 0 aromatic heterocycles.